The molecule has 1 aliphatic rings. The van der Waals surface area contributed by atoms with Gasteiger partial charge in [-0.3, -0.25) is 4.90 Å². The summed E-state index contributed by atoms with van der Waals surface area (Å²) in [5, 5.41) is 10.5. The summed E-state index contributed by atoms with van der Waals surface area (Å²) in [6.45, 7) is 26.4. The van der Waals surface area contributed by atoms with Crippen molar-refractivity contribution < 1.29 is 19.4 Å². The van der Waals surface area contributed by atoms with Gasteiger partial charge in [0.05, 0.1) is 30.9 Å². The van der Waals surface area contributed by atoms with Crippen molar-refractivity contribution >= 4 is 6.09 Å². The Kier molecular flexibility index (Phi) is 11.4. The fourth-order valence-corrected chi connectivity index (χ4v) is 5.29. The molecule has 1 heterocycles. The third kappa shape index (κ3) is 8.77. The maximum Gasteiger partial charge on any atom is 0.410 e. The van der Waals surface area contributed by atoms with Crippen LogP contribution in [0.4, 0.5) is 4.79 Å². The molecule has 0 bridgehead atoms. The molecule has 0 aromatic carbocycles. The fourth-order valence-electron chi connectivity index (χ4n) is 5.29. The zero-order valence-electron chi connectivity index (χ0n) is 25.1. The van der Waals surface area contributed by atoms with E-state index < -0.39 is 23.4 Å². The van der Waals surface area contributed by atoms with Gasteiger partial charge >= 0.3 is 6.09 Å². The summed E-state index contributed by atoms with van der Waals surface area (Å²) < 4.78 is 12.5. The smallest absolute Gasteiger partial charge is 0.410 e. The van der Waals surface area contributed by atoms with E-state index in [9.17, 15) is 9.90 Å². The van der Waals surface area contributed by atoms with Gasteiger partial charge in [-0.1, -0.05) is 86.6 Å². The largest absolute Gasteiger partial charge is 0.444 e. The quantitative estimate of drug-likeness (QED) is 0.235. The molecule has 5 heteroatoms. The molecule has 0 aliphatic carbocycles. The highest BCUT2D eigenvalue weighted by Crippen LogP contribution is 2.52. The summed E-state index contributed by atoms with van der Waals surface area (Å²) in [6, 6.07) is -0.263. The Morgan fingerprint density at radius 2 is 1.60 bits per heavy atom. The lowest BCUT2D eigenvalue weighted by atomic mass is 9.57. The molecule has 0 saturated heterocycles. The molecule has 0 aromatic rings. The van der Waals surface area contributed by atoms with E-state index in [1.54, 1.807) is 4.90 Å². The number of β-amino-alcohol motifs (C(OH)–C–C–N with tert-alkyl or cyclic N) is 1. The lowest BCUT2D eigenvalue weighted by molar-refractivity contribution is -0.161. The maximum atomic E-state index is 13.2. The maximum absolute atomic E-state index is 13.2. The van der Waals surface area contributed by atoms with E-state index in [1.807, 2.05) is 26.8 Å². The van der Waals surface area contributed by atoms with Gasteiger partial charge in [-0.15, -0.1) is 0 Å². The van der Waals surface area contributed by atoms with Gasteiger partial charge in [0.2, 0.25) is 0 Å². The molecule has 3 atom stereocenters. The normalized spacial score (nSPS) is 21.7. The number of carbonyl (C=O) groups is 1. The Hall–Kier alpha value is -1.07. The molecule has 0 radical (unpaired) electrons. The number of unbranched alkanes of at least 4 members (excludes halogenated alkanes) is 4. The molecule has 5 nitrogen and oxygen atoms in total. The van der Waals surface area contributed by atoms with Crippen LogP contribution in [-0.4, -0.2) is 52.6 Å². The van der Waals surface area contributed by atoms with Crippen LogP contribution < -0.4 is 0 Å². The van der Waals surface area contributed by atoms with Gasteiger partial charge in [-0.25, -0.2) is 4.79 Å². The summed E-state index contributed by atoms with van der Waals surface area (Å²) in [4.78, 5) is 14.8. The highest BCUT2D eigenvalue weighted by molar-refractivity contribution is 5.69. The van der Waals surface area contributed by atoms with Gasteiger partial charge in [-0.2, -0.15) is 0 Å². The van der Waals surface area contributed by atoms with Crippen molar-refractivity contribution in [1.29, 1.82) is 0 Å². The SMILES string of the molecule is CCCCCCCC(C)(C(C)(C)C)C(C)(C)OC[C@@H]1C(C(C)C)=C[C@H](O)CN1C(=O)OC(C)(C)C. The lowest BCUT2D eigenvalue weighted by Crippen LogP contribution is -2.56. The van der Waals surface area contributed by atoms with Crippen molar-refractivity contribution in [3.05, 3.63) is 11.6 Å². The van der Waals surface area contributed by atoms with Crippen molar-refractivity contribution in [2.75, 3.05) is 13.2 Å². The second kappa shape index (κ2) is 12.4. The number of aliphatic hydroxyl groups is 1. The molecule has 1 aliphatic heterocycles. The molecule has 1 unspecified atom stereocenters. The van der Waals surface area contributed by atoms with Crippen LogP contribution in [0.15, 0.2) is 11.6 Å². The summed E-state index contributed by atoms with van der Waals surface area (Å²) in [6.07, 6.45) is 8.18. The molecule has 0 aromatic heterocycles. The molecule has 0 fully saturated rings. The molecule has 0 spiro atoms. The predicted octanol–water partition coefficient (Wildman–Crippen LogP) is 7.76. The number of nitrogens with zero attached hydrogens (tertiary/aromatic N) is 1. The van der Waals surface area contributed by atoms with Gasteiger partial charge in [0.1, 0.15) is 5.60 Å². The van der Waals surface area contributed by atoms with Crippen LogP contribution in [0.5, 0.6) is 0 Å². The summed E-state index contributed by atoms with van der Waals surface area (Å²) in [5.41, 5.74) is 0.00885. The number of aliphatic hydroxyl groups excluding tert-OH is 1. The van der Waals surface area contributed by atoms with Crippen LogP contribution in [-0.2, 0) is 9.47 Å². The van der Waals surface area contributed by atoms with Gasteiger partial charge in [0.15, 0.2) is 0 Å². The number of amides is 1. The zero-order chi connectivity index (χ0) is 27.2. The van der Waals surface area contributed by atoms with Gasteiger partial charge in [0, 0.05) is 5.41 Å². The zero-order valence-corrected chi connectivity index (χ0v) is 25.1. The van der Waals surface area contributed by atoms with E-state index in [0.29, 0.717) is 6.61 Å². The Morgan fingerprint density at radius 1 is 1.03 bits per heavy atom. The molecule has 1 N–H and O–H groups in total. The Balaban J connectivity index is 3.18. The van der Waals surface area contributed by atoms with Crippen LogP contribution in [0, 0.1) is 16.7 Å². The van der Waals surface area contributed by atoms with E-state index >= 15 is 0 Å². The first-order valence-electron chi connectivity index (χ1n) is 13.9. The number of hydrogen-bond acceptors (Lipinski definition) is 4. The van der Waals surface area contributed by atoms with E-state index in [0.717, 1.165) is 12.0 Å². The summed E-state index contributed by atoms with van der Waals surface area (Å²) >= 11 is 0. The number of rotatable bonds is 11. The van der Waals surface area contributed by atoms with Gasteiger partial charge in [0.25, 0.3) is 0 Å². The molecule has 1 amide bonds. The standard InChI is InChI=1S/C30H57NO4/c1-13-14-15-16-17-18-30(12,27(4,5)6)29(10,11)34-21-25-24(22(2)3)19-23(32)20-31(25)26(33)35-28(7,8)9/h19,22-23,25,32H,13-18,20-21H2,1-12H3/t23-,25+,30?/m0/s1. The lowest BCUT2D eigenvalue weighted by Gasteiger charge is -2.53. The Bertz CT molecular complexity index is 698. The van der Waals surface area contributed by atoms with Crippen molar-refractivity contribution in [2.45, 2.75) is 145 Å². The monoisotopic (exact) mass is 495 g/mol. The van der Waals surface area contributed by atoms with E-state index in [1.165, 1.54) is 32.1 Å². The number of hydrogen-bond donors (Lipinski definition) is 1. The second-order valence-corrected chi connectivity index (χ2v) is 13.6. The minimum atomic E-state index is -0.702. The van der Waals surface area contributed by atoms with Crippen LogP contribution in [0.3, 0.4) is 0 Å². The predicted molar refractivity (Wildman–Crippen MR) is 147 cm³/mol. The number of ether oxygens (including phenoxy) is 2. The van der Waals surface area contributed by atoms with Crippen molar-refractivity contribution in [3.8, 4) is 0 Å². The minimum absolute atomic E-state index is 0.0472. The van der Waals surface area contributed by atoms with E-state index in [-0.39, 0.29) is 29.3 Å². The first kappa shape index (κ1) is 32.0. The van der Waals surface area contributed by atoms with Crippen LogP contribution in [0.2, 0.25) is 0 Å². The average molecular weight is 496 g/mol. The molecule has 35 heavy (non-hydrogen) atoms. The van der Waals surface area contributed by atoms with Crippen LogP contribution in [0.25, 0.3) is 0 Å². The van der Waals surface area contributed by atoms with Gasteiger partial charge < -0.3 is 14.6 Å². The highest BCUT2D eigenvalue weighted by Gasteiger charge is 2.50. The minimum Gasteiger partial charge on any atom is -0.444 e. The number of carbonyl (C=O) groups excluding carboxylic acids is 1. The summed E-state index contributed by atoms with van der Waals surface area (Å²) in [7, 11) is 0. The molecule has 206 valence electrons. The fraction of sp³-hybridized carbons (Fsp3) is 0.900. The van der Waals surface area contributed by atoms with Crippen molar-refractivity contribution in [2.24, 2.45) is 16.7 Å². The van der Waals surface area contributed by atoms with Crippen molar-refractivity contribution in [3.63, 3.8) is 0 Å². The van der Waals surface area contributed by atoms with E-state index in [4.69, 9.17) is 9.47 Å². The Labute approximate surface area is 217 Å². The third-order valence-corrected chi connectivity index (χ3v) is 8.19. The first-order valence-corrected chi connectivity index (χ1v) is 13.9. The van der Waals surface area contributed by atoms with Crippen LogP contribution in [0.1, 0.15) is 122 Å². The van der Waals surface area contributed by atoms with Gasteiger partial charge in [-0.05, 0) is 57.9 Å². The first-order chi connectivity index (χ1) is 15.9. The average Bonchev–Trinajstić information content (AvgIpc) is 2.69. The van der Waals surface area contributed by atoms with E-state index in [2.05, 4.69) is 62.3 Å². The summed E-state index contributed by atoms with van der Waals surface area (Å²) in [5.74, 6) is 0.180. The molecular weight excluding hydrogens is 438 g/mol. The molecule has 1 rings (SSSR count). The second-order valence-electron chi connectivity index (χ2n) is 13.6. The van der Waals surface area contributed by atoms with Crippen molar-refractivity contribution in [1.82, 2.24) is 4.90 Å². The van der Waals surface area contributed by atoms with Crippen LogP contribution >= 0.6 is 0 Å². The third-order valence-electron chi connectivity index (χ3n) is 8.19. The molecule has 0 saturated carbocycles. The topological polar surface area (TPSA) is 59.0 Å². The Morgan fingerprint density at radius 3 is 2.09 bits per heavy atom. The molecular formula is C30H57NO4. The highest BCUT2D eigenvalue weighted by atomic mass is 16.6.